The Bertz CT molecular complexity index is 1010. The maximum Gasteiger partial charge on any atom is 0.273 e. The molecule has 0 saturated carbocycles. The Morgan fingerprint density at radius 2 is 1.93 bits per heavy atom. The number of carbonyl (C=O) groups is 1. The predicted molar refractivity (Wildman–Crippen MR) is 104 cm³/mol. The predicted octanol–water partition coefficient (Wildman–Crippen LogP) is 3.24. The Labute approximate surface area is 161 Å². The van der Waals surface area contributed by atoms with Crippen LogP contribution in [-0.2, 0) is 21.4 Å². The van der Waals surface area contributed by atoms with Gasteiger partial charge in [0.15, 0.2) is 0 Å². The van der Waals surface area contributed by atoms with Gasteiger partial charge in [-0.05, 0) is 47.4 Å². The number of carbonyl (C=O) groups excluding carboxylic acids is 1. The van der Waals surface area contributed by atoms with Gasteiger partial charge in [0.25, 0.3) is 15.9 Å². The molecule has 0 aliphatic heterocycles. The zero-order valence-corrected chi connectivity index (χ0v) is 15.7. The Balaban J connectivity index is 1.55. The first kappa shape index (κ1) is 18.8. The van der Waals surface area contributed by atoms with Gasteiger partial charge in [-0.25, -0.2) is 13.1 Å². The summed E-state index contributed by atoms with van der Waals surface area (Å²) in [6, 6.07) is 15.7. The second-order valence-corrected chi connectivity index (χ2v) is 8.27. The first-order valence-electron chi connectivity index (χ1n) is 7.94. The maximum atomic E-state index is 12.0. The highest BCUT2D eigenvalue weighted by atomic mass is 32.2. The Kier molecular flexibility index (Phi) is 6.00. The number of sulfonamides is 1. The molecule has 1 amide bonds. The van der Waals surface area contributed by atoms with Gasteiger partial charge < -0.3 is 4.74 Å². The summed E-state index contributed by atoms with van der Waals surface area (Å²) in [5.74, 6) is -0.0404. The first-order chi connectivity index (χ1) is 13.0. The third-order valence-electron chi connectivity index (χ3n) is 3.42. The number of amides is 1. The highest BCUT2D eigenvalue weighted by Crippen LogP contribution is 2.16. The molecule has 1 aromatic carbocycles. The quantitative estimate of drug-likeness (QED) is 0.616. The van der Waals surface area contributed by atoms with Crippen LogP contribution in [0.15, 0.2) is 76.5 Å². The van der Waals surface area contributed by atoms with E-state index in [9.17, 15) is 13.2 Å². The lowest BCUT2D eigenvalue weighted by Crippen LogP contribution is -2.28. The molecular weight excluding hydrogens is 384 g/mol. The summed E-state index contributed by atoms with van der Waals surface area (Å²) in [6.07, 6.45) is 4.41. The fourth-order valence-electron chi connectivity index (χ4n) is 2.12. The second kappa shape index (κ2) is 8.61. The van der Waals surface area contributed by atoms with Crippen LogP contribution < -0.4 is 9.46 Å². The smallest absolute Gasteiger partial charge is 0.273 e. The van der Waals surface area contributed by atoms with E-state index < -0.39 is 15.9 Å². The second-order valence-electron chi connectivity index (χ2n) is 5.41. The zero-order chi connectivity index (χ0) is 19.1. The molecule has 3 aromatic rings. The number of nitrogens with one attached hydrogen (secondary N) is 1. The van der Waals surface area contributed by atoms with Crippen LogP contribution in [0.4, 0.5) is 0 Å². The van der Waals surface area contributed by atoms with Crippen LogP contribution in [0.25, 0.3) is 6.08 Å². The number of ether oxygens (including phenoxy) is 1. The SMILES string of the molecule is O=C(/C=C/c1ccc(OCc2ccccn2)cc1)NS(=O)(=O)c1cccs1. The molecule has 27 heavy (non-hydrogen) atoms. The van der Waals surface area contributed by atoms with E-state index in [2.05, 4.69) is 4.98 Å². The van der Waals surface area contributed by atoms with Crippen molar-refractivity contribution in [3.8, 4) is 5.75 Å². The van der Waals surface area contributed by atoms with E-state index >= 15 is 0 Å². The van der Waals surface area contributed by atoms with Gasteiger partial charge in [-0.2, -0.15) is 0 Å². The lowest BCUT2D eigenvalue weighted by atomic mass is 10.2. The topological polar surface area (TPSA) is 85.4 Å². The minimum Gasteiger partial charge on any atom is -0.487 e. The fourth-order valence-corrected chi connectivity index (χ4v) is 4.06. The first-order valence-corrected chi connectivity index (χ1v) is 10.3. The van der Waals surface area contributed by atoms with Gasteiger partial charge in [-0.1, -0.05) is 24.3 Å². The highest BCUT2D eigenvalue weighted by molar-refractivity contribution is 7.92. The molecule has 1 N–H and O–H groups in total. The van der Waals surface area contributed by atoms with E-state index in [4.69, 9.17) is 4.74 Å². The third kappa shape index (κ3) is 5.50. The number of benzene rings is 1. The van der Waals surface area contributed by atoms with E-state index in [1.807, 2.05) is 22.9 Å². The molecule has 0 radical (unpaired) electrons. The molecular formula is C19H16N2O4S2. The Morgan fingerprint density at radius 3 is 2.59 bits per heavy atom. The van der Waals surface area contributed by atoms with Gasteiger partial charge in [0.05, 0.1) is 5.69 Å². The summed E-state index contributed by atoms with van der Waals surface area (Å²) in [5, 5.41) is 1.63. The average molecular weight is 400 g/mol. The summed E-state index contributed by atoms with van der Waals surface area (Å²) >= 11 is 1.05. The van der Waals surface area contributed by atoms with Gasteiger partial charge in [-0.3, -0.25) is 9.78 Å². The van der Waals surface area contributed by atoms with Crippen LogP contribution in [-0.4, -0.2) is 19.3 Å². The van der Waals surface area contributed by atoms with Crippen molar-refractivity contribution < 1.29 is 17.9 Å². The Hall–Kier alpha value is -2.97. The summed E-state index contributed by atoms with van der Waals surface area (Å²) < 4.78 is 31.7. The van der Waals surface area contributed by atoms with Crippen molar-refractivity contribution in [2.24, 2.45) is 0 Å². The van der Waals surface area contributed by atoms with Crippen LogP contribution in [0.3, 0.4) is 0 Å². The van der Waals surface area contributed by atoms with Gasteiger partial charge in [0.2, 0.25) is 0 Å². The van der Waals surface area contributed by atoms with Crippen molar-refractivity contribution in [1.82, 2.24) is 9.71 Å². The molecule has 0 aliphatic rings. The standard InChI is InChI=1S/C19H16N2O4S2/c22-18(21-27(23,24)19-5-3-13-26-19)11-8-15-6-9-17(10-7-15)25-14-16-4-1-2-12-20-16/h1-13H,14H2,(H,21,22)/b11-8+. The number of pyridine rings is 1. The number of thiophene rings is 1. The van der Waals surface area contributed by atoms with Crippen molar-refractivity contribution in [1.29, 1.82) is 0 Å². The molecule has 2 heterocycles. The van der Waals surface area contributed by atoms with E-state index in [1.54, 1.807) is 41.9 Å². The van der Waals surface area contributed by atoms with Crippen molar-refractivity contribution in [2.45, 2.75) is 10.8 Å². The lowest BCUT2D eigenvalue weighted by Gasteiger charge is -2.05. The normalized spacial score (nSPS) is 11.4. The Morgan fingerprint density at radius 1 is 1.11 bits per heavy atom. The summed E-state index contributed by atoms with van der Waals surface area (Å²) in [6.45, 7) is 0.360. The van der Waals surface area contributed by atoms with Gasteiger partial charge in [-0.15, -0.1) is 11.3 Å². The highest BCUT2D eigenvalue weighted by Gasteiger charge is 2.16. The number of aromatic nitrogens is 1. The molecule has 0 atom stereocenters. The van der Waals surface area contributed by atoms with Crippen molar-refractivity contribution >= 4 is 33.3 Å². The molecule has 0 aliphatic carbocycles. The van der Waals surface area contributed by atoms with E-state index in [-0.39, 0.29) is 4.21 Å². The summed E-state index contributed by atoms with van der Waals surface area (Å²) in [4.78, 5) is 16.0. The third-order valence-corrected chi connectivity index (χ3v) is 6.16. The molecule has 0 saturated heterocycles. The minimum atomic E-state index is -3.82. The van der Waals surface area contributed by atoms with Crippen molar-refractivity contribution in [3.05, 3.63) is 83.5 Å². The zero-order valence-electron chi connectivity index (χ0n) is 14.1. The maximum absolute atomic E-state index is 12.0. The number of rotatable bonds is 7. The van der Waals surface area contributed by atoms with E-state index in [0.29, 0.717) is 12.4 Å². The summed E-state index contributed by atoms with van der Waals surface area (Å²) in [7, 11) is -3.82. The minimum absolute atomic E-state index is 0.0960. The van der Waals surface area contributed by atoms with Crippen LogP contribution in [0.2, 0.25) is 0 Å². The molecule has 0 bridgehead atoms. The van der Waals surface area contributed by atoms with Crippen LogP contribution in [0, 0.1) is 0 Å². The van der Waals surface area contributed by atoms with Gasteiger partial charge >= 0.3 is 0 Å². The van der Waals surface area contributed by atoms with Crippen LogP contribution in [0.5, 0.6) is 5.75 Å². The molecule has 8 heteroatoms. The van der Waals surface area contributed by atoms with Crippen molar-refractivity contribution in [2.75, 3.05) is 0 Å². The van der Waals surface area contributed by atoms with Crippen LogP contribution >= 0.6 is 11.3 Å². The number of nitrogens with zero attached hydrogens (tertiary/aromatic N) is 1. The molecule has 0 spiro atoms. The van der Waals surface area contributed by atoms with E-state index in [1.165, 1.54) is 18.2 Å². The van der Waals surface area contributed by atoms with Crippen molar-refractivity contribution in [3.63, 3.8) is 0 Å². The number of hydrogen-bond acceptors (Lipinski definition) is 6. The van der Waals surface area contributed by atoms with Gasteiger partial charge in [0.1, 0.15) is 16.6 Å². The molecule has 3 rings (SSSR count). The molecule has 6 nitrogen and oxygen atoms in total. The van der Waals surface area contributed by atoms with E-state index in [0.717, 1.165) is 22.6 Å². The fraction of sp³-hybridized carbons (Fsp3) is 0.0526. The largest absolute Gasteiger partial charge is 0.487 e. The average Bonchev–Trinajstić information content (AvgIpc) is 3.22. The molecule has 0 unspecified atom stereocenters. The number of hydrogen-bond donors (Lipinski definition) is 1. The molecule has 0 fully saturated rings. The van der Waals surface area contributed by atoms with Crippen LogP contribution in [0.1, 0.15) is 11.3 Å². The van der Waals surface area contributed by atoms with Gasteiger partial charge in [0, 0.05) is 12.3 Å². The monoisotopic (exact) mass is 400 g/mol. The molecule has 2 aromatic heterocycles. The molecule has 138 valence electrons. The lowest BCUT2D eigenvalue weighted by molar-refractivity contribution is -0.114. The summed E-state index contributed by atoms with van der Waals surface area (Å²) in [5.41, 5.74) is 1.56.